The molecule has 1 aliphatic rings. The monoisotopic (exact) mass is 644 g/mol. The van der Waals surface area contributed by atoms with E-state index in [1.165, 1.54) is 0 Å². The number of carbonyl (C=O) groups is 4. The Labute approximate surface area is 241 Å². The quantitative estimate of drug-likeness (QED) is 0.141. The van der Waals surface area contributed by atoms with Crippen LogP contribution in [-0.2, 0) is 30.3 Å². The first-order valence-corrected chi connectivity index (χ1v) is 12.0. The van der Waals surface area contributed by atoms with Crippen molar-refractivity contribution in [3.63, 3.8) is 0 Å². The van der Waals surface area contributed by atoms with Crippen molar-refractivity contribution in [1.29, 1.82) is 0 Å². The van der Waals surface area contributed by atoms with Gasteiger partial charge in [-0.3, -0.25) is 14.5 Å². The number of ether oxygens (including phenoxy) is 4. The molecule has 0 aliphatic carbocycles. The minimum atomic E-state index is -0.766. The number of amides is 1. The molecule has 38 heavy (non-hydrogen) atoms. The van der Waals surface area contributed by atoms with E-state index in [0.717, 1.165) is 12.1 Å². The second-order valence-corrected chi connectivity index (χ2v) is 10.8. The predicted octanol–water partition coefficient (Wildman–Crippen LogP) is 0.439. The topological polar surface area (TPSA) is 120 Å². The van der Waals surface area contributed by atoms with Gasteiger partial charge in [-0.05, 0) is 72.7 Å². The van der Waals surface area contributed by atoms with Crippen LogP contribution in [0.5, 0.6) is 11.5 Å². The average molecular weight is 645 g/mol. The van der Waals surface area contributed by atoms with Gasteiger partial charge in [-0.15, -0.1) is 0 Å². The molecular weight excluding hydrogens is 607 g/mol. The molecular formula is C27H37IN2O8. The van der Waals surface area contributed by atoms with E-state index in [-0.39, 0.29) is 42.0 Å². The maximum atomic E-state index is 12.5. The average Bonchev–Trinajstić information content (AvgIpc) is 2.79. The fourth-order valence-electron chi connectivity index (χ4n) is 2.88. The third-order valence-corrected chi connectivity index (χ3v) is 5.14. The van der Waals surface area contributed by atoms with E-state index in [9.17, 15) is 19.2 Å². The summed E-state index contributed by atoms with van der Waals surface area (Å²) in [4.78, 5) is 50.8. The highest BCUT2D eigenvalue weighted by Crippen LogP contribution is 2.32. The predicted molar refractivity (Wildman–Crippen MR) is 136 cm³/mol. The van der Waals surface area contributed by atoms with Crippen LogP contribution in [0.4, 0.5) is 4.79 Å². The summed E-state index contributed by atoms with van der Waals surface area (Å²) in [6.07, 6.45) is 3.18. The van der Waals surface area contributed by atoms with Crippen molar-refractivity contribution in [3.05, 3.63) is 41.8 Å². The van der Waals surface area contributed by atoms with Gasteiger partial charge in [0.1, 0.15) is 12.6 Å². The molecule has 0 unspecified atom stereocenters. The first-order valence-electron chi connectivity index (χ1n) is 12.0. The lowest BCUT2D eigenvalue weighted by atomic mass is 9.97. The number of rotatable bonds is 8. The Hall–Kier alpha value is -2.80. The number of hydrogen-bond acceptors (Lipinski definition) is 9. The van der Waals surface area contributed by atoms with Crippen molar-refractivity contribution in [2.75, 3.05) is 33.5 Å². The molecule has 11 heteroatoms. The van der Waals surface area contributed by atoms with E-state index in [4.69, 9.17) is 18.9 Å². The van der Waals surface area contributed by atoms with Gasteiger partial charge in [0.05, 0.1) is 23.5 Å². The Bertz CT molecular complexity index is 1030. The Balaban J connectivity index is 0.00000722. The molecule has 0 spiro atoms. The lowest BCUT2D eigenvalue weighted by Crippen LogP contribution is -3.00. The summed E-state index contributed by atoms with van der Waals surface area (Å²) in [5.41, 5.74) is -0.786. The van der Waals surface area contributed by atoms with E-state index in [0.29, 0.717) is 18.9 Å². The molecule has 1 amide bonds. The molecule has 1 aromatic carbocycles. The van der Waals surface area contributed by atoms with Gasteiger partial charge in [0.15, 0.2) is 17.4 Å². The van der Waals surface area contributed by atoms with Crippen LogP contribution in [0.15, 0.2) is 30.4 Å². The van der Waals surface area contributed by atoms with Crippen molar-refractivity contribution in [2.45, 2.75) is 48.0 Å². The standard InChI is InChI=1S/C27H36N2O8.HI/c1-26(2,3)23(31)36-20-11-10-18(15-21(20)37-24(32)27(4,5)6)12-13-28-25(33)35-17-34-22(30)19-9-8-14-29(7)16-19;/h8-11,15H,12-14,16-17H2,1-7H3;1H. The van der Waals surface area contributed by atoms with Crippen molar-refractivity contribution >= 4 is 24.0 Å². The SMILES string of the molecule is CN1CC=C[C+](C(=O)OCOC(=O)NCCc2ccc(OC(=O)C(C)(C)C)c(OC(=O)C(C)(C)C)c2)C1.[I-]. The smallest absolute Gasteiger partial charge is 0.423 e. The van der Waals surface area contributed by atoms with Crippen LogP contribution >= 0.6 is 0 Å². The molecule has 0 saturated heterocycles. The van der Waals surface area contributed by atoms with Crippen molar-refractivity contribution in [3.8, 4) is 11.5 Å². The van der Waals surface area contributed by atoms with E-state index in [2.05, 4.69) is 5.32 Å². The number of likely N-dealkylation sites (N-methyl/N-ethyl adjacent to an activating group) is 1. The molecule has 0 saturated carbocycles. The summed E-state index contributed by atoms with van der Waals surface area (Å²) in [5, 5.41) is 2.57. The van der Waals surface area contributed by atoms with E-state index in [1.54, 1.807) is 65.8 Å². The number of nitrogens with zero attached hydrogens (tertiary/aromatic N) is 1. The molecule has 0 bridgehead atoms. The normalized spacial score (nSPS) is 13.7. The van der Waals surface area contributed by atoms with Crippen LogP contribution in [0.1, 0.15) is 47.1 Å². The molecule has 0 fully saturated rings. The number of halogens is 1. The summed E-state index contributed by atoms with van der Waals surface area (Å²) < 4.78 is 20.9. The van der Waals surface area contributed by atoms with Crippen LogP contribution in [0.3, 0.4) is 0 Å². The van der Waals surface area contributed by atoms with Gasteiger partial charge >= 0.3 is 24.0 Å². The molecule has 10 nitrogen and oxygen atoms in total. The molecule has 0 atom stereocenters. The zero-order chi connectivity index (χ0) is 27.8. The molecule has 2 rings (SSSR count). The lowest BCUT2D eigenvalue weighted by molar-refractivity contribution is -0.149. The minimum Gasteiger partial charge on any atom is -1.00 e. The molecule has 210 valence electrons. The van der Waals surface area contributed by atoms with Crippen molar-refractivity contribution < 1.29 is 62.1 Å². The summed E-state index contributed by atoms with van der Waals surface area (Å²) in [6, 6.07) is 4.85. The Morgan fingerprint density at radius 2 is 1.55 bits per heavy atom. The van der Waals surface area contributed by atoms with Gasteiger partial charge in [0.25, 0.3) is 0 Å². The first-order chi connectivity index (χ1) is 17.2. The summed E-state index contributed by atoms with van der Waals surface area (Å²) in [6.45, 7) is 11.2. The number of esters is 3. The molecule has 1 aliphatic heterocycles. The summed E-state index contributed by atoms with van der Waals surface area (Å²) in [5.74, 6) is -0.764. The molecule has 0 aromatic heterocycles. The van der Waals surface area contributed by atoms with Gasteiger partial charge < -0.3 is 48.2 Å². The number of carbonyl (C=O) groups excluding carboxylic acids is 4. The van der Waals surface area contributed by atoms with Gasteiger partial charge in [0.2, 0.25) is 6.79 Å². The van der Waals surface area contributed by atoms with Gasteiger partial charge in [-0.25, -0.2) is 9.59 Å². The second kappa shape index (κ2) is 14.4. The fraction of sp³-hybridized carbons (Fsp3) is 0.519. The third-order valence-electron chi connectivity index (χ3n) is 5.14. The highest BCUT2D eigenvalue weighted by molar-refractivity contribution is 5.88. The molecule has 0 radical (unpaired) electrons. The molecule has 1 heterocycles. The van der Waals surface area contributed by atoms with Crippen molar-refractivity contribution in [1.82, 2.24) is 10.2 Å². The number of alkyl carbamates (subject to hydrolysis) is 1. The Kier molecular flexibility index (Phi) is 12.6. The van der Waals surface area contributed by atoms with Gasteiger partial charge in [0, 0.05) is 6.54 Å². The van der Waals surface area contributed by atoms with Crippen LogP contribution in [-0.4, -0.2) is 62.4 Å². The van der Waals surface area contributed by atoms with Gasteiger partial charge in [-0.2, -0.15) is 0 Å². The Morgan fingerprint density at radius 1 is 0.947 bits per heavy atom. The number of nitrogens with one attached hydrogen (secondary N) is 1. The molecule has 1 aromatic rings. The van der Waals surface area contributed by atoms with E-state index >= 15 is 0 Å². The first kappa shape index (κ1) is 33.2. The number of benzene rings is 1. The van der Waals surface area contributed by atoms with E-state index < -0.39 is 41.6 Å². The fourth-order valence-corrected chi connectivity index (χ4v) is 2.88. The van der Waals surface area contributed by atoms with Gasteiger partial charge in [-0.1, -0.05) is 6.07 Å². The van der Waals surface area contributed by atoms with Crippen molar-refractivity contribution in [2.24, 2.45) is 10.8 Å². The zero-order valence-electron chi connectivity index (χ0n) is 23.0. The van der Waals surface area contributed by atoms with Crippen LogP contribution in [0.25, 0.3) is 0 Å². The second-order valence-electron chi connectivity index (χ2n) is 10.8. The highest BCUT2D eigenvalue weighted by atomic mass is 127. The Morgan fingerprint density at radius 3 is 2.13 bits per heavy atom. The summed E-state index contributed by atoms with van der Waals surface area (Å²) >= 11 is 0. The maximum absolute atomic E-state index is 12.5. The van der Waals surface area contributed by atoms with E-state index in [1.807, 2.05) is 18.0 Å². The number of hydrogen-bond donors (Lipinski definition) is 1. The molecule has 1 N–H and O–H groups in total. The highest BCUT2D eigenvalue weighted by Gasteiger charge is 2.31. The lowest BCUT2D eigenvalue weighted by Gasteiger charge is -2.21. The van der Waals surface area contributed by atoms with Crippen LogP contribution in [0.2, 0.25) is 0 Å². The zero-order valence-corrected chi connectivity index (χ0v) is 25.2. The minimum absolute atomic E-state index is 0. The van der Waals surface area contributed by atoms with Crippen LogP contribution in [0, 0.1) is 16.7 Å². The van der Waals surface area contributed by atoms with Crippen LogP contribution < -0.4 is 38.8 Å². The largest absolute Gasteiger partial charge is 1.00 e. The summed E-state index contributed by atoms with van der Waals surface area (Å²) in [7, 11) is 1.88. The maximum Gasteiger partial charge on any atom is 0.423 e. The third kappa shape index (κ3) is 10.9.